The minimum atomic E-state index is 0.661. The molecule has 0 saturated heterocycles. The van der Waals surface area contributed by atoms with Crippen molar-refractivity contribution in [1.82, 2.24) is 0 Å². The van der Waals surface area contributed by atoms with Crippen molar-refractivity contribution in [3.05, 3.63) is 35.0 Å². The van der Waals surface area contributed by atoms with E-state index in [2.05, 4.69) is 22.0 Å². The van der Waals surface area contributed by atoms with E-state index in [0.29, 0.717) is 4.67 Å². The monoisotopic (exact) mass is 195 g/mol. The molecule has 1 heterocycles. The molecule has 1 radical (unpaired) electrons. The van der Waals surface area contributed by atoms with Gasteiger partial charge in [0, 0.05) is 11.5 Å². The summed E-state index contributed by atoms with van der Waals surface area (Å²) in [7, 11) is 0. The third-order valence-electron chi connectivity index (χ3n) is 1.32. The minimum absolute atomic E-state index is 0.661. The molecular weight excluding hydrogens is 192 g/mol. The second-order valence-electron chi connectivity index (χ2n) is 2.00. The molecule has 0 aliphatic heterocycles. The standard InChI is InChI=1S/C8H4BrO/c9-8-5-6-3-1-2-4-7(6)10-8/h1-4H. The lowest BCUT2D eigenvalue weighted by Gasteiger charge is -1.81. The molecule has 10 heavy (non-hydrogen) atoms. The lowest BCUT2D eigenvalue weighted by Crippen LogP contribution is -1.58. The van der Waals surface area contributed by atoms with Crippen LogP contribution in [0, 0.1) is 6.07 Å². The van der Waals surface area contributed by atoms with Gasteiger partial charge in [-0.1, -0.05) is 18.2 Å². The second-order valence-corrected chi connectivity index (χ2v) is 2.72. The van der Waals surface area contributed by atoms with Crippen LogP contribution in [0.1, 0.15) is 0 Å². The number of rotatable bonds is 0. The predicted octanol–water partition coefficient (Wildman–Crippen LogP) is 3.00. The number of fused-ring (bicyclic) bond motifs is 1. The Morgan fingerprint density at radius 3 is 2.90 bits per heavy atom. The van der Waals surface area contributed by atoms with Crippen LogP contribution in [-0.4, -0.2) is 0 Å². The third-order valence-corrected chi connectivity index (χ3v) is 1.68. The van der Waals surface area contributed by atoms with Crippen molar-refractivity contribution in [3.63, 3.8) is 0 Å². The summed E-state index contributed by atoms with van der Waals surface area (Å²) in [6.07, 6.45) is 0. The quantitative estimate of drug-likeness (QED) is 0.631. The molecule has 0 fully saturated rings. The van der Waals surface area contributed by atoms with E-state index in [1.54, 1.807) is 0 Å². The van der Waals surface area contributed by atoms with Gasteiger partial charge in [-0.2, -0.15) is 0 Å². The predicted molar refractivity (Wildman–Crippen MR) is 42.8 cm³/mol. The summed E-state index contributed by atoms with van der Waals surface area (Å²) in [6.45, 7) is 0. The van der Waals surface area contributed by atoms with Crippen LogP contribution in [0.25, 0.3) is 11.0 Å². The van der Waals surface area contributed by atoms with Gasteiger partial charge in [-0.25, -0.2) is 0 Å². The molecule has 0 atom stereocenters. The lowest BCUT2D eigenvalue weighted by molar-refractivity contribution is 0.586. The van der Waals surface area contributed by atoms with E-state index in [-0.39, 0.29) is 0 Å². The maximum absolute atomic E-state index is 5.23. The van der Waals surface area contributed by atoms with Gasteiger partial charge >= 0.3 is 0 Å². The Balaban J connectivity index is 2.88. The van der Waals surface area contributed by atoms with Gasteiger partial charge in [0.15, 0.2) is 4.67 Å². The van der Waals surface area contributed by atoms with E-state index in [1.165, 1.54) is 0 Å². The minimum Gasteiger partial charge on any atom is -0.449 e. The van der Waals surface area contributed by atoms with Crippen LogP contribution >= 0.6 is 15.9 Å². The Hall–Kier alpha value is -0.760. The topological polar surface area (TPSA) is 13.1 Å². The number of benzene rings is 1. The Kier molecular flexibility index (Phi) is 1.27. The van der Waals surface area contributed by atoms with Gasteiger partial charge in [-0.3, -0.25) is 0 Å². The highest BCUT2D eigenvalue weighted by molar-refractivity contribution is 9.10. The van der Waals surface area contributed by atoms with E-state index in [4.69, 9.17) is 4.42 Å². The number of halogens is 1. The fourth-order valence-corrected chi connectivity index (χ4v) is 1.27. The van der Waals surface area contributed by atoms with Crippen LogP contribution < -0.4 is 0 Å². The van der Waals surface area contributed by atoms with Crippen LogP contribution in [-0.2, 0) is 0 Å². The number of para-hydroxylation sites is 1. The molecule has 1 aromatic heterocycles. The van der Waals surface area contributed by atoms with Crippen LogP contribution in [0.4, 0.5) is 0 Å². The van der Waals surface area contributed by atoms with E-state index in [9.17, 15) is 0 Å². The molecule has 49 valence electrons. The molecule has 2 aromatic rings. The highest BCUT2D eigenvalue weighted by Crippen LogP contribution is 2.21. The zero-order valence-corrected chi connectivity index (χ0v) is 6.68. The van der Waals surface area contributed by atoms with Gasteiger partial charge in [-0.05, 0) is 22.0 Å². The molecule has 0 aliphatic rings. The van der Waals surface area contributed by atoms with E-state index < -0.39 is 0 Å². The van der Waals surface area contributed by atoms with E-state index in [0.717, 1.165) is 11.0 Å². The first-order valence-corrected chi connectivity index (χ1v) is 3.72. The molecule has 0 amide bonds. The summed E-state index contributed by atoms with van der Waals surface area (Å²) in [5.41, 5.74) is 0.870. The van der Waals surface area contributed by atoms with Crippen molar-refractivity contribution in [2.24, 2.45) is 0 Å². The molecule has 0 N–H and O–H groups in total. The Labute approximate surface area is 66.8 Å². The van der Waals surface area contributed by atoms with Gasteiger partial charge in [0.1, 0.15) is 5.58 Å². The highest BCUT2D eigenvalue weighted by Gasteiger charge is 1.97. The van der Waals surface area contributed by atoms with Crippen molar-refractivity contribution in [1.29, 1.82) is 0 Å². The average molecular weight is 196 g/mol. The summed E-state index contributed by atoms with van der Waals surface area (Å²) in [6, 6.07) is 10.8. The molecule has 2 rings (SSSR count). The smallest absolute Gasteiger partial charge is 0.178 e. The molecular formula is C8H4BrO. The summed E-state index contributed by atoms with van der Waals surface area (Å²) >= 11 is 3.20. The fraction of sp³-hybridized carbons (Fsp3) is 0. The summed E-state index contributed by atoms with van der Waals surface area (Å²) in [5.74, 6) is 0. The first-order valence-electron chi connectivity index (χ1n) is 2.92. The van der Waals surface area contributed by atoms with Crippen LogP contribution in [0.2, 0.25) is 0 Å². The maximum Gasteiger partial charge on any atom is 0.178 e. The summed E-state index contributed by atoms with van der Waals surface area (Å²) < 4.78 is 5.89. The first-order chi connectivity index (χ1) is 4.86. The van der Waals surface area contributed by atoms with Gasteiger partial charge in [0.25, 0.3) is 0 Å². The van der Waals surface area contributed by atoms with Crippen molar-refractivity contribution in [2.45, 2.75) is 0 Å². The number of hydrogen-bond acceptors (Lipinski definition) is 1. The fourth-order valence-electron chi connectivity index (χ4n) is 0.887. The highest BCUT2D eigenvalue weighted by atomic mass is 79.9. The average Bonchev–Trinajstić information content (AvgIpc) is 2.27. The SMILES string of the molecule is Brc1[c]c2ccccc2o1. The molecule has 0 saturated carbocycles. The van der Waals surface area contributed by atoms with Gasteiger partial charge in [0.2, 0.25) is 0 Å². The summed E-state index contributed by atoms with van der Waals surface area (Å²) in [4.78, 5) is 0. The zero-order valence-electron chi connectivity index (χ0n) is 5.10. The Morgan fingerprint density at radius 2 is 2.10 bits per heavy atom. The lowest BCUT2D eigenvalue weighted by atomic mass is 10.3. The summed E-state index contributed by atoms with van der Waals surface area (Å²) in [5, 5.41) is 1.01. The molecule has 0 aliphatic carbocycles. The second kappa shape index (κ2) is 2.13. The zero-order chi connectivity index (χ0) is 6.97. The molecule has 2 heteroatoms. The first kappa shape index (κ1) is 5.98. The van der Waals surface area contributed by atoms with Crippen LogP contribution in [0.15, 0.2) is 33.4 Å². The van der Waals surface area contributed by atoms with E-state index >= 15 is 0 Å². The largest absolute Gasteiger partial charge is 0.449 e. The van der Waals surface area contributed by atoms with Gasteiger partial charge < -0.3 is 4.42 Å². The normalized spacial score (nSPS) is 10.5. The number of furan rings is 1. The maximum atomic E-state index is 5.23. The third kappa shape index (κ3) is 0.847. The van der Waals surface area contributed by atoms with E-state index in [1.807, 2.05) is 24.3 Å². The van der Waals surface area contributed by atoms with Gasteiger partial charge in [0.05, 0.1) is 0 Å². The Morgan fingerprint density at radius 1 is 1.30 bits per heavy atom. The molecule has 0 spiro atoms. The molecule has 0 bridgehead atoms. The van der Waals surface area contributed by atoms with Gasteiger partial charge in [-0.15, -0.1) is 0 Å². The van der Waals surface area contributed by atoms with Crippen molar-refractivity contribution < 1.29 is 4.42 Å². The molecule has 1 aromatic carbocycles. The van der Waals surface area contributed by atoms with Crippen molar-refractivity contribution in [3.8, 4) is 0 Å². The van der Waals surface area contributed by atoms with Crippen LogP contribution in [0.5, 0.6) is 0 Å². The van der Waals surface area contributed by atoms with Crippen molar-refractivity contribution >= 4 is 26.9 Å². The van der Waals surface area contributed by atoms with Crippen LogP contribution in [0.3, 0.4) is 0 Å². The van der Waals surface area contributed by atoms with Crippen molar-refractivity contribution in [2.75, 3.05) is 0 Å². The molecule has 0 unspecified atom stereocenters. The molecule has 1 nitrogen and oxygen atoms in total. The number of hydrogen-bond donors (Lipinski definition) is 0. The Bertz CT molecular complexity index is 318.